The fraction of sp³-hybridized carbons (Fsp3) is 0.600. The van der Waals surface area contributed by atoms with Crippen molar-refractivity contribution in [2.24, 2.45) is 0 Å². The first-order chi connectivity index (χ1) is 6.84. The van der Waals surface area contributed by atoms with Gasteiger partial charge >= 0.3 is 0 Å². The maximum absolute atomic E-state index is 5.58. The van der Waals surface area contributed by atoms with Gasteiger partial charge in [-0.25, -0.2) is 0 Å². The fourth-order valence-corrected chi connectivity index (χ4v) is 2.92. The normalized spacial score (nSPS) is 21.6. The minimum Gasteiger partial charge on any atom is -0.376 e. The molecular weight excluding hydrogens is 264 g/mol. The smallest absolute Gasteiger partial charge is 0.0811 e. The van der Waals surface area contributed by atoms with Crippen molar-refractivity contribution >= 4 is 27.3 Å². The van der Waals surface area contributed by atoms with Gasteiger partial charge < -0.3 is 9.47 Å². The van der Waals surface area contributed by atoms with Crippen molar-refractivity contribution < 1.29 is 9.47 Å². The number of rotatable bonds is 4. The molecule has 1 unspecified atom stereocenters. The Bertz CT molecular complexity index is 281. The SMILES string of the molecule is Brc1ccc(COCC2CCCO2)s1. The van der Waals surface area contributed by atoms with Crippen LogP contribution in [0.3, 0.4) is 0 Å². The predicted molar refractivity (Wildman–Crippen MR) is 60.6 cm³/mol. The van der Waals surface area contributed by atoms with Crippen molar-refractivity contribution in [3.63, 3.8) is 0 Å². The van der Waals surface area contributed by atoms with E-state index in [1.165, 1.54) is 11.3 Å². The van der Waals surface area contributed by atoms with Gasteiger partial charge in [0, 0.05) is 11.5 Å². The van der Waals surface area contributed by atoms with Crippen molar-refractivity contribution in [3.05, 3.63) is 20.8 Å². The van der Waals surface area contributed by atoms with Gasteiger partial charge in [-0.2, -0.15) is 0 Å². The number of thiophene rings is 1. The van der Waals surface area contributed by atoms with Crippen LogP contribution in [0.2, 0.25) is 0 Å². The quantitative estimate of drug-likeness (QED) is 0.841. The van der Waals surface area contributed by atoms with Gasteiger partial charge in [0.2, 0.25) is 0 Å². The molecule has 1 fully saturated rings. The Labute approximate surface area is 96.4 Å². The lowest BCUT2D eigenvalue weighted by atomic mass is 10.2. The van der Waals surface area contributed by atoms with E-state index in [-0.39, 0.29) is 0 Å². The van der Waals surface area contributed by atoms with Gasteiger partial charge in [-0.3, -0.25) is 0 Å². The molecule has 2 rings (SSSR count). The third-order valence-corrected chi connectivity index (χ3v) is 3.80. The van der Waals surface area contributed by atoms with E-state index in [1.54, 1.807) is 11.3 Å². The van der Waals surface area contributed by atoms with E-state index >= 15 is 0 Å². The van der Waals surface area contributed by atoms with E-state index in [0.717, 1.165) is 23.4 Å². The molecule has 1 saturated heterocycles. The largest absolute Gasteiger partial charge is 0.376 e. The Balaban J connectivity index is 1.67. The first-order valence-corrected chi connectivity index (χ1v) is 6.39. The lowest BCUT2D eigenvalue weighted by molar-refractivity contribution is 0.0114. The molecule has 78 valence electrons. The molecule has 0 aromatic carbocycles. The summed E-state index contributed by atoms with van der Waals surface area (Å²) in [5, 5.41) is 0. The molecule has 1 aliphatic heterocycles. The monoisotopic (exact) mass is 276 g/mol. The lowest BCUT2D eigenvalue weighted by Gasteiger charge is -2.08. The van der Waals surface area contributed by atoms with E-state index < -0.39 is 0 Å². The first kappa shape index (κ1) is 10.6. The molecule has 0 amide bonds. The molecule has 0 aliphatic carbocycles. The molecule has 0 saturated carbocycles. The van der Waals surface area contributed by atoms with Gasteiger partial charge in [-0.05, 0) is 40.9 Å². The second-order valence-electron chi connectivity index (χ2n) is 3.36. The van der Waals surface area contributed by atoms with Crippen LogP contribution >= 0.6 is 27.3 Å². The second kappa shape index (κ2) is 5.26. The minimum atomic E-state index is 0.332. The van der Waals surface area contributed by atoms with Gasteiger partial charge in [0.25, 0.3) is 0 Å². The van der Waals surface area contributed by atoms with Gasteiger partial charge in [0.15, 0.2) is 0 Å². The molecule has 0 radical (unpaired) electrons. The third-order valence-electron chi connectivity index (χ3n) is 2.20. The zero-order chi connectivity index (χ0) is 9.80. The molecule has 1 aromatic rings. The van der Waals surface area contributed by atoms with Crippen molar-refractivity contribution in [3.8, 4) is 0 Å². The van der Waals surface area contributed by atoms with E-state index in [2.05, 4.69) is 28.1 Å². The van der Waals surface area contributed by atoms with Gasteiger partial charge in [0.05, 0.1) is 23.1 Å². The van der Waals surface area contributed by atoms with Crippen LogP contribution in [0.4, 0.5) is 0 Å². The Morgan fingerprint density at radius 3 is 3.14 bits per heavy atom. The minimum absolute atomic E-state index is 0.332. The highest BCUT2D eigenvalue weighted by molar-refractivity contribution is 9.11. The van der Waals surface area contributed by atoms with Crippen LogP contribution in [0.15, 0.2) is 15.9 Å². The molecule has 14 heavy (non-hydrogen) atoms. The lowest BCUT2D eigenvalue weighted by Crippen LogP contribution is -2.13. The van der Waals surface area contributed by atoms with Crippen LogP contribution in [0, 0.1) is 0 Å². The number of hydrogen-bond donors (Lipinski definition) is 0. The molecule has 1 atom stereocenters. The number of halogens is 1. The van der Waals surface area contributed by atoms with Crippen LogP contribution in [0.5, 0.6) is 0 Å². The van der Waals surface area contributed by atoms with E-state index in [4.69, 9.17) is 9.47 Å². The molecule has 2 nitrogen and oxygen atoms in total. The summed E-state index contributed by atoms with van der Waals surface area (Å²) < 4.78 is 12.2. The highest BCUT2D eigenvalue weighted by Crippen LogP contribution is 2.23. The molecule has 1 aromatic heterocycles. The van der Waals surface area contributed by atoms with Crippen LogP contribution in [0.25, 0.3) is 0 Å². The Hall–Kier alpha value is 0.1000. The first-order valence-electron chi connectivity index (χ1n) is 4.78. The maximum Gasteiger partial charge on any atom is 0.0811 e. The summed E-state index contributed by atoms with van der Waals surface area (Å²) >= 11 is 5.15. The zero-order valence-electron chi connectivity index (χ0n) is 7.87. The van der Waals surface area contributed by atoms with Gasteiger partial charge in [-0.15, -0.1) is 11.3 Å². The van der Waals surface area contributed by atoms with Crippen molar-refractivity contribution in [2.45, 2.75) is 25.6 Å². The van der Waals surface area contributed by atoms with Crippen molar-refractivity contribution in [1.29, 1.82) is 0 Å². The average molecular weight is 277 g/mol. The van der Waals surface area contributed by atoms with E-state index in [1.807, 2.05) is 0 Å². The summed E-state index contributed by atoms with van der Waals surface area (Å²) in [6.45, 7) is 2.34. The summed E-state index contributed by atoms with van der Waals surface area (Å²) in [5.74, 6) is 0. The van der Waals surface area contributed by atoms with Gasteiger partial charge in [-0.1, -0.05) is 0 Å². The van der Waals surface area contributed by atoms with Crippen molar-refractivity contribution in [2.75, 3.05) is 13.2 Å². The Kier molecular flexibility index (Phi) is 3.99. The molecular formula is C10H13BrO2S. The molecule has 0 bridgehead atoms. The number of ether oxygens (including phenoxy) is 2. The summed E-state index contributed by atoms with van der Waals surface area (Å²) in [6.07, 6.45) is 2.66. The summed E-state index contributed by atoms with van der Waals surface area (Å²) in [5.41, 5.74) is 0. The fourth-order valence-electron chi connectivity index (χ4n) is 1.50. The third kappa shape index (κ3) is 3.05. The van der Waals surface area contributed by atoms with Crippen LogP contribution in [-0.4, -0.2) is 19.3 Å². The summed E-state index contributed by atoms with van der Waals surface area (Å²) in [4.78, 5) is 1.26. The highest BCUT2D eigenvalue weighted by Gasteiger charge is 2.15. The second-order valence-corrected chi connectivity index (χ2v) is 5.90. The van der Waals surface area contributed by atoms with E-state index in [0.29, 0.717) is 12.7 Å². The Morgan fingerprint density at radius 1 is 1.57 bits per heavy atom. The van der Waals surface area contributed by atoms with Crippen molar-refractivity contribution in [1.82, 2.24) is 0 Å². The summed E-state index contributed by atoms with van der Waals surface area (Å²) in [6, 6.07) is 4.14. The molecule has 2 heterocycles. The number of hydrogen-bond acceptors (Lipinski definition) is 3. The molecule has 1 aliphatic rings. The zero-order valence-corrected chi connectivity index (χ0v) is 10.3. The van der Waals surface area contributed by atoms with Crippen LogP contribution in [-0.2, 0) is 16.1 Å². The highest BCUT2D eigenvalue weighted by atomic mass is 79.9. The Morgan fingerprint density at radius 2 is 2.50 bits per heavy atom. The topological polar surface area (TPSA) is 18.5 Å². The molecule has 0 spiro atoms. The average Bonchev–Trinajstić information content (AvgIpc) is 2.77. The standard InChI is InChI=1S/C10H13BrO2S/c11-10-4-3-9(14-10)7-12-6-8-2-1-5-13-8/h3-4,8H,1-2,5-7H2. The molecule has 0 N–H and O–H groups in total. The predicted octanol–water partition coefficient (Wildman–Crippen LogP) is 3.21. The van der Waals surface area contributed by atoms with E-state index in [9.17, 15) is 0 Å². The summed E-state index contributed by atoms with van der Waals surface area (Å²) in [7, 11) is 0. The van der Waals surface area contributed by atoms with Crippen LogP contribution < -0.4 is 0 Å². The van der Waals surface area contributed by atoms with Gasteiger partial charge in [0.1, 0.15) is 0 Å². The van der Waals surface area contributed by atoms with Crippen LogP contribution in [0.1, 0.15) is 17.7 Å². The maximum atomic E-state index is 5.58. The molecule has 4 heteroatoms.